The first-order valence-corrected chi connectivity index (χ1v) is 7.86. The minimum atomic E-state index is 0.0671. The molecule has 1 atom stereocenters. The molecule has 0 aromatic heterocycles. The number of methoxy groups -OCH3 is 1. The van der Waals surface area contributed by atoms with Gasteiger partial charge in [-0.1, -0.05) is 51.4 Å². The molecule has 2 nitrogen and oxygen atoms in total. The van der Waals surface area contributed by atoms with Crippen molar-refractivity contribution in [3.05, 3.63) is 0 Å². The Hall–Kier alpha value is -0.530. The number of esters is 1. The Balaban J connectivity index is 2.12. The second-order valence-electron chi connectivity index (χ2n) is 6.31. The number of ether oxygens (including phenoxy) is 1. The number of rotatable bonds is 1. The van der Waals surface area contributed by atoms with E-state index in [4.69, 9.17) is 4.74 Å². The molecule has 2 rings (SSSR count). The van der Waals surface area contributed by atoms with Crippen LogP contribution >= 0.6 is 0 Å². The molecule has 0 aromatic rings. The van der Waals surface area contributed by atoms with E-state index in [2.05, 4.69) is 0 Å². The number of carbonyl (C=O) groups excluding carboxylic acids is 1. The molecule has 0 heterocycles. The maximum Gasteiger partial charge on any atom is 0.309 e. The van der Waals surface area contributed by atoms with Gasteiger partial charge in [-0.25, -0.2) is 0 Å². The molecule has 2 aliphatic rings. The first-order chi connectivity index (χ1) is 8.78. The van der Waals surface area contributed by atoms with Gasteiger partial charge in [-0.2, -0.15) is 0 Å². The van der Waals surface area contributed by atoms with Crippen LogP contribution in [0.5, 0.6) is 0 Å². The molecule has 0 aliphatic heterocycles. The lowest BCUT2D eigenvalue weighted by Gasteiger charge is -2.37. The highest BCUT2D eigenvalue weighted by Gasteiger charge is 2.44. The molecule has 0 N–H and O–H groups in total. The van der Waals surface area contributed by atoms with Crippen LogP contribution < -0.4 is 0 Å². The van der Waals surface area contributed by atoms with E-state index >= 15 is 0 Å². The van der Waals surface area contributed by atoms with E-state index in [1.807, 2.05) is 0 Å². The summed E-state index contributed by atoms with van der Waals surface area (Å²) in [6.45, 7) is 0. The Labute approximate surface area is 111 Å². The molecule has 2 fully saturated rings. The van der Waals surface area contributed by atoms with E-state index in [-0.39, 0.29) is 11.9 Å². The topological polar surface area (TPSA) is 26.3 Å². The summed E-state index contributed by atoms with van der Waals surface area (Å²) < 4.78 is 5.11. The third-order valence-corrected chi connectivity index (χ3v) is 5.24. The van der Waals surface area contributed by atoms with E-state index in [1.165, 1.54) is 70.6 Å². The summed E-state index contributed by atoms with van der Waals surface area (Å²) in [5, 5.41) is 0. The molecule has 1 unspecified atom stereocenters. The molecule has 18 heavy (non-hydrogen) atoms. The van der Waals surface area contributed by atoms with E-state index < -0.39 is 0 Å². The summed E-state index contributed by atoms with van der Waals surface area (Å²) >= 11 is 0. The number of hydrogen-bond acceptors (Lipinski definition) is 2. The third-order valence-electron chi connectivity index (χ3n) is 5.24. The Morgan fingerprint density at radius 2 is 1.39 bits per heavy atom. The highest BCUT2D eigenvalue weighted by molar-refractivity contribution is 5.73. The average Bonchev–Trinajstić information content (AvgIpc) is 2.86. The standard InChI is InChI=1S/C16H28O2/c1-18-15(17)14-10-6-4-2-3-5-7-11-16(14)12-8-9-13-16/h14H,2-13H2,1H3. The second kappa shape index (κ2) is 6.58. The molecule has 2 aliphatic carbocycles. The molecular weight excluding hydrogens is 224 g/mol. The molecule has 0 bridgehead atoms. The fourth-order valence-electron chi connectivity index (χ4n) is 4.20. The zero-order valence-electron chi connectivity index (χ0n) is 11.9. The lowest BCUT2D eigenvalue weighted by molar-refractivity contribution is -0.151. The van der Waals surface area contributed by atoms with Crippen molar-refractivity contribution in [2.45, 2.75) is 77.0 Å². The highest BCUT2D eigenvalue weighted by Crippen LogP contribution is 2.50. The van der Waals surface area contributed by atoms with Crippen LogP contribution in [0.3, 0.4) is 0 Å². The zero-order chi connectivity index (χ0) is 12.8. The fourth-order valence-corrected chi connectivity index (χ4v) is 4.20. The van der Waals surface area contributed by atoms with Gasteiger partial charge in [-0.05, 0) is 31.1 Å². The molecule has 0 saturated heterocycles. The van der Waals surface area contributed by atoms with Gasteiger partial charge in [0.25, 0.3) is 0 Å². The summed E-state index contributed by atoms with van der Waals surface area (Å²) in [6.07, 6.45) is 15.4. The molecule has 2 heteroatoms. The summed E-state index contributed by atoms with van der Waals surface area (Å²) in [5.41, 5.74) is 0.296. The SMILES string of the molecule is COC(=O)C1CCCCCCCCC12CCCC2. The Bertz CT molecular complexity index is 266. The minimum Gasteiger partial charge on any atom is -0.469 e. The van der Waals surface area contributed by atoms with Crippen LogP contribution in [0.15, 0.2) is 0 Å². The summed E-state index contributed by atoms with van der Waals surface area (Å²) in [6, 6.07) is 0. The molecule has 2 saturated carbocycles. The lowest BCUT2D eigenvalue weighted by Crippen LogP contribution is -2.35. The number of hydrogen-bond donors (Lipinski definition) is 0. The van der Waals surface area contributed by atoms with Gasteiger partial charge in [-0.3, -0.25) is 4.79 Å². The van der Waals surface area contributed by atoms with E-state index in [1.54, 1.807) is 7.11 Å². The maximum absolute atomic E-state index is 12.2. The second-order valence-corrected chi connectivity index (χ2v) is 6.31. The monoisotopic (exact) mass is 252 g/mol. The van der Waals surface area contributed by atoms with Crippen LogP contribution in [0.1, 0.15) is 77.0 Å². The number of carbonyl (C=O) groups is 1. The largest absolute Gasteiger partial charge is 0.469 e. The quantitative estimate of drug-likeness (QED) is 0.644. The molecule has 0 aromatic carbocycles. The molecule has 0 radical (unpaired) electrons. The van der Waals surface area contributed by atoms with E-state index in [0.717, 1.165) is 6.42 Å². The van der Waals surface area contributed by atoms with Crippen molar-refractivity contribution in [3.8, 4) is 0 Å². The van der Waals surface area contributed by atoms with Crippen LogP contribution in [0, 0.1) is 11.3 Å². The minimum absolute atomic E-state index is 0.0671. The first-order valence-electron chi connectivity index (χ1n) is 7.86. The smallest absolute Gasteiger partial charge is 0.309 e. The van der Waals surface area contributed by atoms with Crippen molar-refractivity contribution in [1.29, 1.82) is 0 Å². The zero-order valence-corrected chi connectivity index (χ0v) is 11.9. The van der Waals surface area contributed by atoms with Gasteiger partial charge in [0.15, 0.2) is 0 Å². The lowest BCUT2D eigenvalue weighted by atomic mass is 9.68. The van der Waals surface area contributed by atoms with Gasteiger partial charge < -0.3 is 4.74 Å². The van der Waals surface area contributed by atoms with Crippen molar-refractivity contribution < 1.29 is 9.53 Å². The molecule has 0 amide bonds. The Morgan fingerprint density at radius 3 is 2.00 bits per heavy atom. The van der Waals surface area contributed by atoms with Crippen LogP contribution in [-0.2, 0) is 9.53 Å². The Kier molecular flexibility index (Phi) is 5.08. The predicted octanol–water partition coefficient (Wildman–Crippen LogP) is 4.47. The van der Waals surface area contributed by atoms with Crippen molar-refractivity contribution >= 4 is 5.97 Å². The van der Waals surface area contributed by atoms with Crippen molar-refractivity contribution in [2.75, 3.05) is 7.11 Å². The predicted molar refractivity (Wildman–Crippen MR) is 73.3 cm³/mol. The van der Waals surface area contributed by atoms with Gasteiger partial charge >= 0.3 is 5.97 Å². The van der Waals surface area contributed by atoms with Gasteiger partial charge in [0.1, 0.15) is 0 Å². The first kappa shape index (κ1) is 13.9. The maximum atomic E-state index is 12.2. The van der Waals surface area contributed by atoms with Gasteiger partial charge in [0, 0.05) is 0 Å². The summed E-state index contributed by atoms with van der Waals surface area (Å²) in [7, 11) is 1.56. The summed E-state index contributed by atoms with van der Waals surface area (Å²) in [4.78, 5) is 12.2. The van der Waals surface area contributed by atoms with Gasteiger partial charge in [-0.15, -0.1) is 0 Å². The fraction of sp³-hybridized carbons (Fsp3) is 0.938. The van der Waals surface area contributed by atoms with E-state index in [0.29, 0.717) is 5.41 Å². The van der Waals surface area contributed by atoms with Crippen LogP contribution in [0.4, 0.5) is 0 Å². The van der Waals surface area contributed by atoms with Crippen LogP contribution in [0.2, 0.25) is 0 Å². The summed E-state index contributed by atoms with van der Waals surface area (Å²) in [5.74, 6) is 0.251. The molecule has 104 valence electrons. The van der Waals surface area contributed by atoms with Crippen LogP contribution in [0.25, 0.3) is 0 Å². The van der Waals surface area contributed by atoms with Crippen molar-refractivity contribution in [2.24, 2.45) is 11.3 Å². The third kappa shape index (κ3) is 3.07. The molecular formula is C16H28O2. The van der Waals surface area contributed by atoms with Crippen LogP contribution in [-0.4, -0.2) is 13.1 Å². The van der Waals surface area contributed by atoms with E-state index in [9.17, 15) is 4.79 Å². The molecule has 1 spiro atoms. The van der Waals surface area contributed by atoms with Crippen molar-refractivity contribution in [1.82, 2.24) is 0 Å². The Morgan fingerprint density at radius 1 is 0.889 bits per heavy atom. The average molecular weight is 252 g/mol. The van der Waals surface area contributed by atoms with Gasteiger partial charge in [0.2, 0.25) is 0 Å². The highest BCUT2D eigenvalue weighted by atomic mass is 16.5. The van der Waals surface area contributed by atoms with Crippen molar-refractivity contribution in [3.63, 3.8) is 0 Å². The van der Waals surface area contributed by atoms with Gasteiger partial charge in [0.05, 0.1) is 13.0 Å². The normalized spacial score (nSPS) is 29.1.